The van der Waals surface area contributed by atoms with Crippen LogP contribution in [0.15, 0.2) is 36.4 Å². The van der Waals surface area contributed by atoms with Crippen molar-refractivity contribution in [2.45, 2.75) is 6.61 Å². The Balaban J connectivity index is 1.95. The Labute approximate surface area is 130 Å². The van der Waals surface area contributed by atoms with Crippen LogP contribution in [-0.4, -0.2) is 23.2 Å². The second-order valence-electron chi connectivity index (χ2n) is 4.62. The lowest BCUT2D eigenvalue weighted by Crippen LogP contribution is -2.13. The molecule has 23 heavy (non-hydrogen) atoms. The monoisotopic (exact) mass is 324 g/mol. The number of hydrogen-bond acceptors (Lipinski definition) is 5. The van der Waals surface area contributed by atoms with Crippen LogP contribution in [0.4, 0.5) is 20.2 Å². The Morgan fingerprint density at radius 3 is 2.61 bits per heavy atom. The van der Waals surface area contributed by atoms with Gasteiger partial charge in [0.15, 0.2) is 11.6 Å². The highest BCUT2D eigenvalue weighted by Crippen LogP contribution is 2.25. The van der Waals surface area contributed by atoms with Gasteiger partial charge in [-0.25, -0.2) is 8.78 Å². The zero-order valence-electron chi connectivity index (χ0n) is 12.0. The molecule has 0 saturated heterocycles. The molecule has 0 fully saturated rings. The van der Waals surface area contributed by atoms with Crippen LogP contribution < -0.4 is 10.1 Å². The Kier molecular flexibility index (Phi) is 5.42. The van der Waals surface area contributed by atoms with Gasteiger partial charge in [0, 0.05) is 18.7 Å². The standard InChI is InChI=1S/C15H14F2N2O4/c16-12-3-2-11(8-13(12)17)23-6-5-18-14-7-10(9-20)1-4-15(14)19(21)22/h1-4,7-8,18,20H,5-6,9H2. The van der Waals surface area contributed by atoms with E-state index < -0.39 is 16.6 Å². The molecule has 0 unspecified atom stereocenters. The van der Waals surface area contributed by atoms with Gasteiger partial charge in [0.1, 0.15) is 18.0 Å². The molecule has 2 N–H and O–H groups in total. The van der Waals surface area contributed by atoms with Crippen LogP contribution in [0.5, 0.6) is 5.75 Å². The van der Waals surface area contributed by atoms with Crippen molar-refractivity contribution in [2.75, 3.05) is 18.5 Å². The zero-order chi connectivity index (χ0) is 16.8. The molecule has 0 heterocycles. The van der Waals surface area contributed by atoms with Gasteiger partial charge in [0.25, 0.3) is 5.69 Å². The van der Waals surface area contributed by atoms with E-state index in [1.807, 2.05) is 0 Å². The van der Waals surface area contributed by atoms with Gasteiger partial charge in [-0.1, -0.05) is 0 Å². The fourth-order valence-electron chi connectivity index (χ4n) is 1.90. The summed E-state index contributed by atoms with van der Waals surface area (Å²) < 4.78 is 31.0. The van der Waals surface area contributed by atoms with Gasteiger partial charge in [-0.15, -0.1) is 0 Å². The number of aliphatic hydroxyl groups excluding tert-OH is 1. The highest BCUT2D eigenvalue weighted by molar-refractivity contribution is 5.62. The summed E-state index contributed by atoms with van der Waals surface area (Å²) in [6.07, 6.45) is 0. The van der Waals surface area contributed by atoms with Crippen molar-refractivity contribution in [3.05, 3.63) is 63.7 Å². The third-order valence-corrected chi connectivity index (χ3v) is 3.02. The SMILES string of the molecule is O=[N+]([O-])c1ccc(CO)cc1NCCOc1ccc(F)c(F)c1. The first-order valence-electron chi connectivity index (χ1n) is 6.71. The molecule has 0 atom stereocenters. The van der Waals surface area contributed by atoms with Gasteiger partial charge in [0.2, 0.25) is 0 Å². The Morgan fingerprint density at radius 1 is 1.17 bits per heavy atom. The third kappa shape index (κ3) is 4.36. The highest BCUT2D eigenvalue weighted by atomic mass is 19.2. The van der Waals surface area contributed by atoms with Crippen molar-refractivity contribution in [1.82, 2.24) is 0 Å². The Hall–Kier alpha value is -2.74. The number of nitrogens with one attached hydrogen (secondary N) is 1. The maximum absolute atomic E-state index is 13.0. The summed E-state index contributed by atoms with van der Waals surface area (Å²) >= 11 is 0. The number of nitro groups is 1. The lowest BCUT2D eigenvalue weighted by Gasteiger charge is -2.10. The first-order valence-corrected chi connectivity index (χ1v) is 6.71. The van der Waals surface area contributed by atoms with Crippen LogP contribution in [0.2, 0.25) is 0 Å². The summed E-state index contributed by atoms with van der Waals surface area (Å²) in [5.41, 5.74) is 0.644. The molecule has 2 aromatic carbocycles. The van der Waals surface area contributed by atoms with E-state index in [4.69, 9.17) is 9.84 Å². The quantitative estimate of drug-likeness (QED) is 0.465. The van der Waals surface area contributed by atoms with E-state index in [1.54, 1.807) is 0 Å². The van der Waals surface area contributed by atoms with Gasteiger partial charge in [-0.3, -0.25) is 10.1 Å². The first kappa shape index (κ1) is 16.6. The molecule has 0 spiro atoms. The third-order valence-electron chi connectivity index (χ3n) is 3.02. The highest BCUT2D eigenvalue weighted by Gasteiger charge is 2.13. The second-order valence-corrected chi connectivity index (χ2v) is 4.62. The normalized spacial score (nSPS) is 10.4. The van der Waals surface area contributed by atoms with E-state index in [0.717, 1.165) is 12.1 Å². The fourth-order valence-corrected chi connectivity index (χ4v) is 1.90. The van der Waals surface area contributed by atoms with Crippen LogP contribution in [0.3, 0.4) is 0 Å². The van der Waals surface area contributed by atoms with Gasteiger partial charge in [0.05, 0.1) is 11.5 Å². The van der Waals surface area contributed by atoms with Crippen LogP contribution in [0, 0.1) is 21.7 Å². The van der Waals surface area contributed by atoms with Crippen molar-refractivity contribution in [1.29, 1.82) is 0 Å². The predicted octanol–water partition coefficient (Wildman–Crippen LogP) is 2.86. The van der Waals surface area contributed by atoms with E-state index in [0.29, 0.717) is 5.56 Å². The van der Waals surface area contributed by atoms with Gasteiger partial charge >= 0.3 is 0 Å². The molecule has 2 aromatic rings. The molecule has 0 aliphatic rings. The zero-order valence-corrected chi connectivity index (χ0v) is 12.0. The maximum atomic E-state index is 13.0. The summed E-state index contributed by atoms with van der Waals surface area (Å²) in [5.74, 6) is -1.82. The van der Waals surface area contributed by atoms with Gasteiger partial charge < -0.3 is 15.2 Å². The molecule has 6 nitrogen and oxygen atoms in total. The van der Waals surface area contributed by atoms with Crippen molar-refractivity contribution in [3.8, 4) is 5.75 Å². The summed E-state index contributed by atoms with van der Waals surface area (Å²) in [5, 5.41) is 22.8. The molecule has 122 valence electrons. The number of nitrogens with zero attached hydrogens (tertiary/aromatic N) is 1. The molecule has 2 rings (SSSR count). The van der Waals surface area contributed by atoms with E-state index in [1.165, 1.54) is 24.3 Å². The summed E-state index contributed by atoms with van der Waals surface area (Å²) in [6, 6.07) is 7.38. The Morgan fingerprint density at radius 2 is 1.96 bits per heavy atom. The molecule has 0 amide bonds. The number of hydrogen-bond donors (Lipinski definition) is 2. The smallest absolute Gasteiger partial charge is 0.292 e. The van der Waals surface area contributed by atoms with Crippen LogP contribution in [0.1, 0.15) is 5.56 Å². The molecule has 0 radical (unpaired) electrons. The number of ether oxygens (including phenoxy) is 1. The van der Waals surface area contributed by atoms with E-state index >= 15 is 0 Å². The summed E-state index contributed by atoms with van der Waals surface area (Å²) in [6.45, 7) is 0.0539. The lowest BCUT2D eigenvalue weighted by atomic mass is 10.2. The van der Waals surface area contributed by atoms with Crippen molar-refractivity contribution >= 4 is 11.4 Å². The number of rotatable bonds is 7. The number of benzene rings is 2. The Bertz CT molecular complexity index is 710. The van der Waals surface area contributed by atoms with E-state index in [2.05, 4.69) is 5.32 Å². The van der Waals surface area contributed by atoms with Crippen LogP contribution in [0.25, 0.3) is 0 Å². The van der Waals surface area contributed by atoms with Crippen molar-refractivity contribution in [3.63, 3.8) is 0 Å². The fraction of sp³-hybridized carbons (Fsp3) is 0.200. The predicted molar refractivity (Wildman–Crippen MR) is 79.4 cm³/mol. The molecule has 0 aromatic heterocycles. The van der Waals surface area contributed by atoms with E-state index in [-0.39, 0.29) is 36.9 Å². The topological polar surface area (TPSA) is 84.6 Å². The average molecular weight is 324 g/mol. The van der Waals surface area contributed by atoms with Gasteiger partial charge in [-0.05, 0) is 29.8 Å². The maximum Gasteiger partial charge on any atom is 0.292 e. The minimum Gasteiger partial charge on any atom is -0.492 e. The van der Waals surface area contributed by atoms with E-state index in [9.17, 15) is 18.9 Å². The molecular formula is C15H14F2N2O4. The van der Waals surface area contributed by atoms with Crippen LogP contribution in [-0.2, 0) is 6.61 Å². The molecular weight excluding hydrogens is 310 g/mol. The molecule has 0 aliphatic heterocycles. The van der Waals surface area contributed by atoms with Crippen molar-refractivity contribution in [2.24, 2.45) is 0 Å². The number of aliphatic hydroxyl groups is 1. The lowest BCUT2D eigenvalue weighted by molar-refractivity contribution is -0.384. The largest absolute Gasteiger partial charge is 0.492 e. The molecule has 0 aliphatic carbocycles. The van der Waals surface area contributed by atoms with Crippen molar-refractivity contribution < 1.29 is 23.5 Å². The first-order chi connectivity index (χ1) is 11.0. The minimum atomic E-state index is -1.01. The summed E-state index contributed by atoms with van der Waals surface area (Å²) in [7, 11) is 0. The minimum absolute atomic E-state index is 0.0889. The summed E-state index contributed by atoms with van der Waals surface area (Å²) in [4.78, 5) is 10.4. The van der Waals surface area contributed by atoms with Gasteiger partial charge in [-0.2, -0.15) is 0 Å². The number of halogens is 2. The molecule has 8 heteroatoms. The number of nitro benzene ring substituents is 1. The average Bonchev–Trinajstić information content (AvgIpc) is 2.54. The molecule has 0 bridgehead atoms. The second kappa shape index (κ2) is 7.50. The number of anilines is 1. The molecule has 0 saturated carbocycles. The van der Waals surface area contributed by atoms with Crippen LogP contribution >= 0.6 is 0 Å².